The number of hydrogen-bond donors (Lipinski definition) is 1. The van der Waals surface area contributed by atoms with Crippen LogP contribution in [0, 0.1) is 0 Å². The lowest BCUT2D eigenvalue weighted by molar-refractivity contribution is -0.121. The van der Waals surface area contributed by atoms with Crippen LogP contribution in [0.2, 0.25) is 0 Å². The molecule has 1 saturated heterocycles. The van der Waals surface area contributed by atoms with Crippen LogP contribution >= 0.6 is 0 Å². The minimum absolute atomic E-state index is 0.0451. The van der Waals surface area contributed by atoms with Crippen molar-refractivity contribution >= 4 is 27.5 Å². The monoisotopic (exact) mass is 348 g/mol. The van der Waals surface area contributed by atoms with Gasteiger partial charge in [-0.05, 0) is 43.3 Å². The van der Waals surface area contributed by atoms with Crippen molar-refractivity contribution in [2.24, 2.45) is 0 Å². The number of amides is 2. The Morgan fingerprint density at radius 3 is 2.25 bits per heavy atom. The Morgan fingerprint density at radius 1 is 1.08 bits per heavy atom. The van der Waals surface area contributed by atoms with Crippen molar-refractivity contribution in [3.63, 3.8) is 0 Å². The van der Waals surface area contributed by atoms with Gasteiger partial charge in [-0.15, -0.1) is 0 Å². The van der Waals surface area contributed by atoms with E-state index in [0.29, 0.717) is 11.4 Å². The van der Waals surface area contributed by atoms with Gasteiger partial charge in [0.05, 0.1) is 22.9 Å². The molecule has 126 valence electrons. The van der Waals surface area contributed by atoms with Gasteiger partial charge < -0.3 is 4.42 Å². The number of nitrogens with zero attached hydrogens (tertiary/aromatic N) is 1. The zero-order valence-corrected chi connectivity index (χ0v) is 13.7. The molecule has 1 aliphatic rings. The number of imide groups is 1. The summed E-state index contributed by atoms with van der Waals surface area (Å²) in [4.78, 5) is 24.5. The first kappa shape index (κ1) is 16.4. The SMILES string of the molecule is CC(NS(=O)(=O)c1ccc(N2C(=O)CCC2=O)cc1)c1ccco1. The maximum Gasteiger partial charge on any atom is 0.241 e. The van der Waals surface area contributed by atoms with Crippen molar-refractivity contribution in [1.82, 2.24) is 4.72 Å². The maximum absolute atomic E-state index is 12.4. The van der Waals surface area contributed by atoms with Crippen molar-refractivity contribution < 1.29 is 22.4 Å². The molecule has 8 heteroatoms. The van der Waals surface area contributed by atoms with E-state index in [-0.39, 0.29) is 29.6 Å². The Hall–Kier alpha value is -2.45. The molecule has 0 spiro atoms. The molecule has 1 aromatic carbocycles. The van der Waals surface area contributed by atoms with Gasteiger partial charge in [-0.2, -0.15) is 0 Å². The van der Waals surface area contributed by atoms with Crippen LogP contribution < -0.4 is 9.62 Å². The minimum Gasteiger partial charge on any atom is -0.468 e. The Balaban J connectivity index is 1.79. The molecule has 24 heavy (non-hydrogen) atoms. The second-order valence-electron chi connectivity index (χ2n) is 5.48. The fourth-order valence-electron chi connectivity index (χ4n) is 2.54. The number of furan rings is 1. The number of anilines is 1. The number of rotatable bonds is 5. The number of sulfonamides is 1. The zero-order chi connectivity index (χ0) is 17.3. The first-order chi connectivity index (χ1) is 11.4. The molecule has 1 fully saturated rings. The highest BCUT2D eigenvalue weighted by atomic mass is 32.2. The Kier molecular flexibility index (Phi) is 4.25. The summed E-state index contributed by atoms with van der Waals surface area (Å²) in [5.41, 5.74) is 0.375. The standard InChI is InChI=1S/C16H16N2O5S/c1-11(14-3-2-10-23-14)17-24(21,22)13-6-4-12(5-7-13)18-15(19)8-9-16(18)20/h2-7,10-11,17H,8-9H2,1H3. The molecule has 7 nitrogen and oxygen atoms in total. The first-order valence-corrected chi connectivity index (χ1v) is 8.88. The molecule has 3 rings (SSSR count). The van der Waals surface area contributed by atoms with Crippen molar-refractivity contribution in [3.05, 3.63) is 48.4 Å². The third-order valence-electron chi connectivity index (χ3n) is 3.76. The molecule has 0 saturated carbocycles. The molecule has 1 N–H and O–H groups in total. The van der Waals surface area contributed by atoms with Crippen LogP contribution in [0.1, 0.15) is 31.6 Å². The van der Waals surface area contributed by atoms with Crippen LogP contribution in [-0.2, 0) is 19.6 Å². The number of carbonyl (C=O) groups is 2. The molecule has 0 bridgehead atoms. The topological polar surface area (TPSA) is 96.7 Å². The lowest BCUT2D eigenvalue weighted by Gasteiger charge is -2.15. The van der Waals surface area contributed by atoms with E-state index in [9.17, 15) is 18.0 Å². The second-order valence-corrected chi connectivity index (χ2v) is 7.19. The van der Waals surface area contributed by atoms with Gasteiger partial charge in [-0.25, -0.2) is 13.1 Å². The van der Waals surface area contributed by atoms with Crippen molar-refractivity contribution in [2.75, 3.05) is 4.90 Å². The van der Waals surface area contributed by atoms with E-state index in [0.717, 1.165) is 4.90 Å². The highest BCUT2D eigenvalue weighted by molar-refractivity contribution is 7.89. The summed E-state index contributed by atoms with van der Waals surface area (Å²) in [7, 11) is -3.75. The average molecular weight is 348 g/mol. The summed E-state index contributed by atoms with van der Waals surface area (Å²) in [6.07, 6.45) is 1.83. The van der Waals surface area contributed by atoms with Crippen LogP contribution in [0.3, 0.4) is 0 Å². The number of benzene rings is 1. The Labute approximate surface area is 139 Å². The van der Waals surface area contributed by atoms with Gasteiger partial charge in [0.25, 0.3) is 0 Å². The van der Waals surface area contributed by atoms with Crippen molar-refractivity contribution in [1.29, 1.82) is 0 Å². The number of hydrogen-bond acceptors (Lipinski definition) is 5. The van der Waals surface area contributed by atoms with E-state index in [1.54, 1.807) is 19.1 Å². The predicted octanol–water partition coefficient (Wildman–Crippen LogP) is 1.97. The summed E-state index contributed by atoms with van der Waals surface area (Å²) < 4.78 is 32.5. The fraction of sp³-hybridized carbons (Fsp3) is 0.250. The third kappa shape index (κ3) is 3.10. The summed E-state index contributed by atoms with van der Waals surface area (Å²) in [5.74, 6) is -0.0520. The molecule has 0 aliphatic carbocycles. The van der Waals surface area contributed by atoms with Gasteiger partial charge in [0.2, 0.25) is 21.8 Å². The third-order valence-corrected chi connectivity index (χ3v) is 5.32. The average Bonchev–Trinajstić information content (AvgIpc) is 3.17. The summed E-state index contributed by atoms with van der Waals surface area (Å²) in [6, 6.07) is 8.48. The Bertz CT molecular complexity index is 840. The highest BCUT2D eigenvalue weighted by Gasteiger charge is 2.30. The molecule has 1 unspecified atom stereocenters. The largest absolute Gasteiger partial charge is 0.468 e. The van der Waals surface area contributed by atoms with E-state index in [2.05, 4.69) is 4.72 Å². The van der Waals surface area contributed by atoms with E-state index in [4.69, 9.17) is 4.42 Å². The van der Waals surface area contributed by atoms with Gasteiger partial charge in [-0.1, -0.05) is 0 Å². The van der Waals surface area contributed by atoms with Crippen LogP contribution in [0.4, 0.5) is 5.69 Å². The lowest BCUT2D eigenvalue weighted by Crippen LogP contribution is -2.29. The second kappa shape index (κ2) is 6.21. The molecule has 1 atom stereocenters. The molecule has 1 aliphatic heterocycles. The van der Waals surface area contributed by atoms with Gasteiger partial charge in [0, 0.05) is 12.8 Å². The van der Waals surface area contributed by atoms with E-state index >= 15 is 0 Å². The molecule has 0 radical (unpaired) electrons. The van der Waals surface area contributed by atoms with Crippen molar-refractivity contribution in [3.8, 4) is 0 Å². The van der Waals surface area contributed by atoms with Crippen LogP contribution in [0.5, 0.6) is 0 Å². The van der Waals surface area contributed by atoms with E-state index < -0.39 is 16.1 Å². The smallest absolute Gasteiger partial charge is 0.241 e. The normalized spacial score (nSPS) is 16.6. The molecule has 1 aromatic heterocycles. The molecular weight excluding hydrogens is 332 g/mol. The molecule has 2 aromatic rings. The Morgan fingerprint density at radius 2 is 1.71 bits per heavy atom. The predicted molar refractivity (Wildman–Crippen MR) is 85.6 cm³/mol. The quantitative estimate of drug-likeness (QED) is 0.833. The van der Waals surface area contributed by atoms with Gasteiger partial charge in [0.15, 0.2) is 0 Å². The number of carbonyl (C=O) groups excluding carboxylic acids is 2. The first-order valence-electron chi connectivity index (χ1n) is 7.40. The fourth-order valence-corrected chi connectivity index (χ4v) is 3.75. The van der Waals surface area contributed by atoms with Crippen molar-refractivity contribution in [2.45, 2.75) is 30.7 Å². The zero-order valence-electron chi connectivity index (χ0n) is 12.9. The number of nitrogens with one attached hydrogen (secondary N) is 1. The summed E-state index contributed by atoms with van der Waals surface area (Å²) in [6.45, 7) is 1.67. The van der Waals surface area contributed by atoms with E-state index in [1.165, 1.54) is 30.5 Å². The van der Waals surface area contributed by atoms with Crippen LogP contribution in [-0.4, -0.2) is 20.2 Å². The summed E-state index contributed by atoms with van der Waals surface area (Å²) in [5, 5.41) is 0. The molecule has 2 heterocycles. The van der Waals surface area contributed by atoms with Gasteiger partial charge >= 0.3 is 0 Å². The minimum atomic E-state index is -3.75. The molecule has 2 amide bonds. The van der Waals surface area contributed by atoms with Crippen LogP contribution in [0.25, 0.3) is 0 Å². The lowest BCUT2D eigenvalue weighted by atomic mass is 10.3. The van der Waals surface area contributed by atoms with E-state index in [1.807, 2.05) is 0 Å². The highest BCUT2D eigenvalue weighted by Crippen LogP contribution is 2.24. The van der Waals surface area contributed by atoms with Crippen LogP contribution in [0.15, 0.2) is 52.0 Å². The molecular formula is C16H16N2O5S. The maximum atomic E-state index is 12.4. The summed E-state index contributed by atoms with van der Waals surface area (Å²) >= 11 is 0. The van der Waals surface area contributed by atoms with Gasteiger partial charge in [-0.3, -0.25) is 14.5 Å². The van der Waals surface area contributed by atoms with Gasteiger partial charge in [0.1, 0.15) is 5.76 Å².